The van der Waals surface area contributed by atoms with E-state index in [9.17, 15) is 5.26 Å². The molecule has 32 heavy (non-hydrogen) atoms. The standard InChI is InChI=1S/C24H17N5O3/c1-30-20-11-16(14-26)12-21(31-2)22(20)32-23-18-5-3-4-6-19(18)28-24(29-23)27-17-9-7-15(13-25)8-10-17/h3-12H,1-2H3,(H,27,28,29). The van der Waals surface area contributed by atoms with Crippen LogP contribution in [0.5, 0.6) is 23.1 Å². The van der Waals surface area contributed by atoms with E-state index < -0.39 is 0 Å². The summed E-state index contributed by atoms with van der Waals surface area (Å²) < 4.78 is 17.0. The fourth-order valence-electron chi connectivity index (χ4n) is 3.08. The maximum Gasteiger partial charge on any atom is 0.232 e. The highest BCUT2D eigenvalue weighted by Gasteiger charge is 2.18. The van der Waals surface area contributed by atoms with Crippen molar-refractivity contribution in [1.29, 1.82) is 10.5 Å². The van der Waals surface area contributed by atoms with Crippen LogP contribution in [0, 0.1) is 22.7 Å². The number of ether oxygens (including phenoxy) is 3. The number of para-hydroxylation sites is 1. The number of hydrogen-bond acceptors (Lipinski definition) is 8. The van der Waals surface area contributed by atoms with E-state index in [0.29, 0.717) is 45.2 Å². The fraction of sp³-hybridized carbons (Fsp3) is 0.0833. The third-order valence-corrected chi connectivity index (χ3v) is 4.63. The van der Waals surface area contributed by atoms with E-state index in [1.165, 1.54) is 14.2 Å². The van der Waals surface area contributed by atoms with Gasteiger partial charge < -0.3 is 19.5 Å². The highest BCUT2D eigenvalue weighted by molar-refractivity contribution is 5.85. The smallest absolute Gasteiger partial charge is 0.232 e. The zero-order valence-electron chi connectivity index (χ0n) is 17.3. The molecule has 4 aromatic rings. The maximum absolute atomic E-state index is 9.26. The number of anilines is 2. The van der Waals surface area contributed by atoms with Gasteiger partial charge >= 0.3 is 0 Å². The second kappa shape index (κ2) is 8.90. The summed E-state index contributed by atoms with van der Waals surface area (Å²) in [6.07, 6.45) is 0. The van der Waals surface area contributed by atoms with Gasteiger partial charge in [-0.3, -0.25) is 0 Å². The molecule has 0 amide bonds. The monoisotopic (exact) mass is 423 g/mol. The minimum absolute atomic E-state index is 0.285. The zero-order valence-corrected chi connectivity index (χ0v) is 17.3. The van der Waals surface area contributed by atoms with E-state index in [4.69, 9.17) is 19.5 Å². The van der Waals surface area contributed by atoms with Gasteiger partial charge in [0, 0.05) is 17.8 Å². The van der Waals surface area contributed by atoms with Crippen molar-refractivity contribution in [2.75, 3.05) is 19.5 Å². The average Bonchev–Trinajstić information content (AvgIpc) is 2.84. The Hall–Kier alpha value is -4.82. The van der Waals surface area contributed by atoms with Gasteiger partial charge in [0.05, 0.1) is 48.4 Å². The molecular formula is C24H17N5O3. The Morgan fingerprint density at radius 3 is 2.09 bits per heavy atom. The summed E-state index contributed by atoms with van der Waals surface area (Å²) in [5.41, 5.74) is 2.32. The van der Waals surface area contributed by atoms with Crippen LogP contribution in [0.2, 0.25) is 0 Å². The van der Waals surface area contributed by atoms with E-state index in [2.05, 4.69) is 27.4 Å². The maximum atomic E-state index is 9.26. The lowest BCUT2D eigenvalue weighted by molar-refractivity contribution is 0.343. The minimum atomic E-state index is 0.285. The first-order valence-corrected chi connectivity index (χ1v) is 9.53. The van der Waals surface area contributed by atoms with Crippen molar-refractivity contribution in [2.24, 2.45) is 0 Å². The topological polar surface area (TPSA) is 113 Å². The van der Waals surface area contributed by atoms with Crippen molar-refractivity contribution in [2.45, 2.75) is 0 Å². The molecule has 0 unspecified atom stereocenters. The van der Waals surface area contributed by atoms with E-state index in [-0.39, 0.29) is 5.88 Å². The van der Waals surface area contributed by atoms with Crippen molar-refractivity contribution in [1.82, 2.24) is 9.97 Å². The second-order valence-corrected chi connectivity index (χ2v) is 6.61. The summed E-state index contributed by atoms with van der Waals surface area (Å²) in [4.78, 5) is 9.10. The highest BCUT2D eigenvalue weighted by Crippen LogP contribution is 2.42. The van der Waals surface area contributed by atoms with Gasteiger partial charge in [0.25, 0.3) is 0 Å². The Labute approximate surface area is 184 Å². The van der Waals surface area contributed by atoms with Crippen LogP contribution in [0.25, 0.3) is 10.9 Å². The summed E-state index contributed by atoms with van der Waals surface area (Å²) in [5, 5.41) is 22.1. The summed E-state index contributed by atoms with van der Waals surface area (Å²) in [6.45, 7) is 0. The molecule has 8 heteroatoms. The lowest BCUT2D eigenvalue weighted by Crippen LogP contribution is -2.02. The second-order valence-electron chi connectivity index (χ2n) is 6.61. The average molecular weight is 423 g/mol. The molecule has 0 aliphatic rings. The summed E-state index contributed by atoms with van der Waals surface area (Å²) in [6, 6.07) is 21.7. The summed E-state index contributed by atoms with van der Waals surface area (Å²) in [7, 11) is 2.97. The highest BCUT2D eigenvalue weighted by atomic mass is 16.5. The van der Waals surface area contributed by atoms with Crippen LogP contribution in [-0.4, -0.2) is 24.2 Å². The molecule has 0 atom stereocenters. The Bertz CT molecular complexity index is 1350. The molecular weight excluding hydrogens is 406 g/mol. The van der Waals surface area contributed by atoms with Crippen molar-refractivity contribution < 1.29 is 14.2 Å². The number of nitriles is 2. The molecule has 8 nitrogen and oxygen atoms in total. The van der Waals surface area contributed by atoms with Crippen LogP contribution >= 0.6 is 0 Å². The largest absolute Gasteiger partial charge is 0.493 e. The molecule has 0 bridgehead atoms. The quantitative estimate of drug-likeness (QED) is 0.465. The Morgan fingerprint density at radius 2 is 1.47 bits per heavy atom. The first kappa shape index (κ1) is 20.5. The van der Waals surface area contributed by atoms with Gasteiger partial charge in [0.1, 0.15) is 0 Å². The van der Waals surface area contributed by atoms with E-state index >= 15 is 0 Å². The molecule has 1 heterocycles. The van der Waals surface area contributed by atoms with Gasteiger partial charge in [-0.15, -0.1) is 0 Å². The van der Waals surface area contributed by atoms with Crippen LogP contribution in [-0.2, 0) is 0 Å². The van der Waals surface area contributed by atoms with Crippen molar-refractivity contribution >= 4 is 22.5 Å². The number of aromatic nitrogens is 2. The third kappa shape index (κ3) is 4.07. The SMILES string of the molecule is COc1cc(C#N)cc(OC)c1Oc1nc(Nc2ccc(C#N)cc2)nc2ccccc12. The fourth-order valence-corrected chi connectivity index (χ4v) is 3.08. The number of rotatable bonds is 6. The van der Waals surface area contributed by atoms with Crippen LogP contribution in [0.4, 0.5) is 11.6 Å². The number of nitrogens with one attached hydrogen (secondary N) is 1. The molecule has 4 rings (SSSR count). The third-order valence-electron chi connectivity index (χ3n) is 4.63. The number of fused-ring (bicyclic) bond motifs is 1. The van der Waals surface area contributed by atoms with Crippen LogP contribution in [0.1, 0.15) is 11.1 Å². The van der Waals surface area contributed by atoms with Crippen LogP contribution in [0.15, 0.2) is 60.7 Å². The van der Waals surface area contributed by atoms with E-state index in [1.54, 1.807) is 36.4 Å². The number of benzene rings is 3. The molecule has 0 saturated carbocycles. The lowest BCUT2D eigenvalue weighted by Gasteiger charge is -2.16. The molecule has 0 spiro atoms. The van der Waals surface area contributed by atoms with Gasteiger partial charge in [-0.2, -0.15) is 15.5 Å². The molecule has 1 aromatic heterocycles. The van der Waals surface area contributed by atoms with Gasteiger partial charge in [-0.25, -0.2) is 4.98 Å². The van der Waals surface area contributed by atoms with Gasteiger partial charge in [-0.1, -0.05) is 12.1 Å². The normalized spacial score (nSPS) is 10.1. The molecule has 0 fully saturated rings. The van der Waals surface area contributed by atoms with Crippen molar-refractivity contribution in [3.8, 4) is 35.3 Å². The predicted molar refractivity (Wildman–Crippen MR) is 118 cm³/mol. The van der Waals surface area contributed by atoms with Gasteiger partial charge in [0.15, 0.2) is 11.5 Å². The Morgan fingerprint density at radius 1 is 0.812 bits per heavy atom. The molecule has 0 radical (unpaired) electrons. The first-order valence-electron chi connectivity index (χ1n) is 9.53. The Balaban J connectivity index is 1.79. The molecule has 0 saturated heterocycles. The number of nitrogens with zero attached hydrogens (tertiary/aromatic N) is 4. The molecule has 1 N–H and O–H groups in total. The van der Waals surface area contributed by atoms with E-state index in [0.717, 1.165) is 5.69 Å². The number of hydrogen-bond donors (Lipinski definition) is 1. The molecule has 0 aliphatic heterocycles. The van der Waals surface area contributed by atoms with Crippen molar-refractivity contribution in [3.05, 3.63) is 71.8 Å². The summed E-state index contributed by atoms with van der Waals surface area (Å²) >= 11 is 0. The minimum Gasteiger partial charge on any atom is -0.493 e. The zero-order chi connectivity index (χ0) is 22.5. The lowest BCUT2D eigenvalue weighted by atomic mass is 10.2. The van der Waals surface area contributed by atoms with Crippen LogP contribution < -0.4 is 19.5 Å². The van der Waals surface area contributed by atoms with E-state index in [1.807, 2.05) is 24.3 Å². The first-order chi connectivity index (χ1) is 15.6. The number of methoxy groups -OCH3 is 2. The predicted octanol–water partition coefficient (Wildman–Crippen LogP) is 4.93. The van der Waals surface area contributed by atoms with Crippen LogP contribution in [0.3, 0.4) is 0 Å². The summed E-state index contributed by atoms with van der Waals surface area (Å²) in [5.74, 6) is 1.57. The van der Waals surface area contributed by atoms with Crippen molar-refractivity contribution in [3.63, 3.8) is 0 Å². The molecule has 3 aromatic carbocycles. The molecule has 156 valence electrons. The molecule has 0 aliphatic carbocycles. The van der Waals surface area contributed by atoms with Gasteiger partial charge in [0.2, 0.25) is 17.6 Å². The Kier molecular flexibility index (Phi) is 5.69. The van der Waals surface area contributed by atoms with Gasteiger partial charge in [-0.05, 0) is 36.4 Å².